The number of nitrogens with one attached hydrogen (secondary N) is 1. The number of anilines is 1. The van der Waals surface area contributed by atoms with Crippen LogP contribution < -0.4 is 14.8 Å². The Bertz CT molecular complexity index is 1270. The lowest BCUT2D eigenvalue weighted by atomic mass is 10.1. The molecule has 0 aliphatic heterocycles. The van der Waals surface area contributed by atoms with Crippen LogP contribution >= 0.6 is 0 Å². The van der Waals surface area contributed by atoms with Gasteiger partial charge in [0, 0.05) is 12.0 Å². The van der Waals surface area contributed by atoms with Gasteiger partial charge in [0.05, 0.1) is 24.2 Å². The van der Waals surface area contributed by atoms with Gasteiger partial charge in [0.25, 0.3) is 0 Å². The predicted molar refractivity (Wildman–Crippen MR) is 129 cm³/mol. The number of benzene rings is 3. The minimum absolute atomic E-state index is 0.143. The molecule has 0 spiro atoms. The maximum absolute atomic E-state index is 13.9. The smallest absolute Gasteiger partial charge is 0.226 e. The summed E-state index contributed by atoms with van der Waals surface area (Å²) in [5.74, 6) is 0.891. The average Bonchev–Trinajstić information content (AvgIpc) is 3.22. The van der Waals surface area contributed by atoms with E-state index in [2.05, 4.69) is 5.32 Å². The van der Waals surface area contributed by atoms with Gasteiger partial charge in [0.1, 0.15) is 5.82 Å². The number of para-hydroxylation sites is 4. The van der Waals surface area contributed by atoms with Gasteiger partial charge in [-0.15, -0.1) is 0 Å². The zero-order chi connectivity index (χ0) is 23.9. The molecule has 1 N–H and O–H groups in total. The fourth-order valence-electron chi connectivity index (χ4n) is 3.68. The van der Waals surface area contributed by atoms with Crippen molar-refractivity contribution in [2.24, 2.45) is 0 Å². The molecule has 0 atom stereocenters. The van der Waals surface area contributed by atoms with Gasteiger partial charge in [-0.2, -0.15) is 5.10 Å². The Morgan fingerprint density at radius 1 is 0.971 bits per heavy atom. The number of halogens is 1. The lowest BCUT2D eigenvalue weighted by Crippen LogP contribution is -2.13. The normalized spacial score (nSPS) is 10.7. The number of aromatic nitrogens is 2. The molecule has 0 saturated heterocycles. The van der Waals surface area contributed by atoms with Crippen LogP contribution in [0.1, 0.15) is 24.6 Å². The zero-order valence-electron chi connectivity index (χ0n) is 19.1. The third kappa shape index (κ3) is 5.09. The first-order chi connectivity index (χ1) is 16.6. The van der Waals surface area contributed by atoms with Crippen LogP contribution in [0.25, 0.3) is 5.69 Å². The van der Waals surface area contributed by atoms with Gasteiger partial charge in [0.2, 0.25) is 11.8 Å². The van der Waals surface area contributed by atoms with E-state index in [1.54, 1.807) is 23.9 Å². The number of ether oxygens (including phenoxy) is 2. The van der Waals surface area contributed by atoms with Crippen LogP contribution in [-0.2, 0) is 17.6 Å². The molecule has 3 aromatic carbocycles. The molecule has 174 valence electrons. The molecule has 7 heteroatoms. The summed E-state index contributed by atoms with van der Waals surface area (Å²) >= 11 is 0. The molecule has 6 nitrogen and oxygen atoms in total. The lowest BCUT2D eigenvalue weighted by molar-refractivity contribution is -0.116. The molecular weight excluding hydrogens is 433 g/mol. The lowest BCUT2D eigenvalue weighted by Gasteiger charge is -2.14. The van der Waals surface area contributed by atoms with Crippen LogP contribution in [-0.4, -0.2) is 22.8 Å². The number of rotatable bonds is 9. The second-order valence-electron chi connectivity index (χ2n) is 7.61. The highest BCUT2D eigenvalue weighted by atomic mass is 19.1. The van der Waals surface area contributed by atoms with Crippen LogP contribution in [0.2, 0.25) is 0 Å². The Labute approximate surface area is 198 Å². The van der Waals surface area contributed by atoms with E-state index in [9.17, 15) is 9.18 Å². The first kappa shape index (κ1) is 23.0. The third-order valence-corrected chi connectivity index (χ3v) is 5.38. The highest BCUT2D eigenvalue weighted by molar-refractivity contribution is 5.91. The number of carbonyl (C=O) groups excluding carboxylic acids is 1. The highest BCUT2D eigenvalue weighted by Gasteiger charge is 2.22. The monoisotopic (exact) mass is 459 g/mol. The highest BCUT2D eigenvalue weighted by Crippen LogP contribution is 2.36. The summed E-state index contributed by atoms with van der Waals surface area (Å²) in [5.41, 5.74) is 2.64. The zero-order valence-corrected chi connectivity index (χ0v) is 19.1. The second-order valence-corrected chi connectivity index (χ2v) is 7.61. The maximum atomic E-state index is 13.9. The van der Waals surface area contributed by atoms with E-state index < -0.39 is 5.82 Å². The fourth-order valence-corrected chi connectivity index (χ4v) is 3.68. The summed E-state index contributed by atoms with van der Waals surface area (Å²) < 4.78 is 27.5. The number of amides is 1. The SMILES string of the molecule is CCc1nn(-c2ccccc2)c(Oc2ccccc2OC)c1CCC(=O)Nc1ccccc1F. The van der Waals surface area contributed by atoms with E-state index in [1.807, 2.05) is 61.5 Å². The molecule has 0 unspecified atom stereocenters. The van der Waals surface area contributed by atoms with Gasteiger partial charge < -0.3 is 14.8 Å². The Hall–Kier alpha value is -4.13. The molecule has 34 heavy (non-hydrogen) atoms. The van der Waals surface area contributed by atoms with E-state index in [1.165, 1.54) is 12.1 Å². The molecular formula is C27H26FN3O3. The van der Waals surface area contributed by atoms with Crippen molar-refractivity contribution >= 4 is 11.6 Å². The summed E-state index contributed by atoms with van der Waals surface area (Å²) in [4.78, 5) is 12.6. The fraction of sp³-hybridized carbons (Fsp3) is 0.185. The summed E-state index contributed by atoms with van der Waals surface area (Å²) in [5, 5.41) is 7.43. The van der Waals surface area contributed by atoms with Crippen LogP contribution in [0.3, 0.4) is 0 Å². The molecule has 1 heterocycles. The number of nitrogens with zero attached hydrogens (tertiary/aromatic N) is 2. The number of methoxy groups -OCH3 is 1. The minimum Gasteiger partial charge on any atom is -0.493 e. The third-order valence-electron chi connectivity index (χ3n) is 5.38. The van der Waals surface area contributed by atoms with Crippen molar-refractivity contribution in [2.75, 3.05) is 12.4 Å². The molecule has 1 amide bonds. The summed E-state index contributed by atoms with van der Waals surface area (Å²) in [6.07, 6.45) is 1.18. The molecule has 4 rings (SSSR count). The Morgan fingerprint density at radius 3 is 2.35 bits per heavy atom. The van der Waals surface area contributed by atoms with E-state index >= 15 is 0 Å². The van der Waals surface area contributed by atoms with Gasteiger partial charge in [0.15, 0.2) is 11.5 Å². The van der Waals surface area contributed by atoms with Gasteiger partial charge in [-0.05, 0) is 49.2 Å². The van der Waals surface area contributed by atoms with Crippen molar-refractivity contribution in [1.82, 2.24) is 9.78 Å². The standard InChI is InChI=1S/C27H26FN3O3/c1-3-22-20(17-18-26(32)29-23-14-8-7-13-21(23)28)27(31(30-22)19-11-5-4-6-12-19)34-25-16-10-9-15-24(25)33-2/h4-16H,3,17-18H2,1-2H3,(H,29,32). The van der Waals surface area contributed by atoms with E-state index in [4.69, 9.17) is 14.6 Å². The van der Waals surface area contributed by atoms with Crippen molar-refractivity contribution in [1.29, 1.82) is 0 Å². The van der Waals surface area contributed by atoms with E-state index in [0.29, 0.717) is 30.2 Å². The average molecular weight is 460 g/mol. The van der Waals surface area contributed by atoms with Crippen LogP contribution in [0, 0.1) is 5.82 Å². The predicted octanol–water partition coefficient (Wildman–Crippen LogP) is 5.95. The molecule has 0 bridgehead atoms. The van der Waals surface area contributed by atoms with Crippen molar-refractivity contribution in [3.63, 3.8) is 0 Å². The van der Waals surface area contributed by atoms with Crippen molar-refractivity contribution in [3.8, 4) is 23.1 Å². The van der Waals surface area contributed by atoms with Crippen molar-refractivity contribution in [3.05, 3.63) is 95.9 Å². The molecule has 4 aromatic rings. The van der Waals surface area contributed by atoms with Gasteiger partial charge in [-0.1, -0.05) is 49.4 Å². The summed E-state index contributed by atoms with van der Waals surface area (Å²) in [6.45, 7) is 2.01. The van der Waals surface area contributed by atoms with Crippen molar-refractivity contribution < 1.29 is 18.7 Å². The Kier molecular flexibility index (Phi) is 7.22. The quantitative estimate of drug-likeness (QED) is 0.336. The maximum Gasteiger partial charge on any atom is 0.226 e. The topological polar surface area (TPSA) is 65.4 Å². The van der Waals surface area contributed by atoms with Crippen LogP contribution in [0.15, 0.2) is 78.9 Å². The Morgan fingerprint density at radius 2 is 1.65 bits per heavy atom. The Balaban J connectivity index is 1.67. The van der Waals surface area contributed by atoms with Gasteiger partial charge >= 0.3 is 0 Å². The minimum atomic E-state index is -0.470. The van der Waals surface area contributed by atoms with E-state index in [0.717, 1.165) is 16.9 Å². The number of carbonyl (C=O) groups is 1. The first-order valence-corrected chi connectivity index (χ1v) is 11.1. The molecule has 0 radical (unpaired) electrons. The summed E-state index contributed by atoms with van der Waals surface area (Å²) in [7, 11) is 1.59. The molecule has 0 fully saturated rings. The number of hydrogen-bond acceptors (Lipinski definition) is 4. The van der Waals surface area contributed by atoms with Crippen LogP contribution in [0.5, 0.6) is 17.4 Å². The largest absolute Gasteiger partial charge is 0.493 e. The number of hydrogen-bond donors (Lipinski definition) is 1. The second kappa shape index (κ2) is 10.7. The summed E-state index contributed by atoms with van der Waals surface area (Å²) in [6, 6.07) is 23.2. The van der Waals surface area contributed by atoms with Gasteiger partial charge in [-0.3, -0.25) is 4.79 Å². The molecule has 1 aromatic heterocycles. The van der Waals surface area contributed by atoms with Gasteiger partial charge in [-0.25, -0.2) is 9.07 Å². The van der Waals surface area contributed by atoms with Crippen molar-refractivity contribution in [2.45, 2.75) is 26.2 Å². The number of aryl methyl sites for hydroxylation is 1. The molecule has 0 saturated carbocycles. The first-order valence-electron chi connectivity index (χ1n) is 11.1. The van der Waals surface area contributed by atoms with Crippen LogP contribution in [0.4, 0.5) is 10.1 Å². The molecule has 0 aliphatic rings. The molecule has 0 aliphatic carbocycles. The van der Waals surface area contributed by atoms with E-state index in [-0.39, 0.29) is 18.0 Å².